The Labute approximate surface area is 155 Å². The Morgan fingerprint density at radius 1 is 1.20 bits per heavy atom. The lowest BCUT2D eigenvalue weighted by Crippen LogP contribution is -2.34. The van der Waals surface area contributed by atoms with Crippen LogP contribution in [0.15, 0.2) is 48.5 Å². The number of rotatable bonds is 5. The van der Waals surface area contributed by atoms with Crippen LogP contribution in [0.2, 0.25) is 5.02 Å². The molecule has 1 amide bonds. The quantitative estimate of drug-likeness (QED) is 0.859. The number of carbonyl (C=O) groups excluding carboxylic acids is 1. The molecule has 0 aliphatic carbocycles. The van der Waals surface area contributed by atoms with Gasteiger partial charge < -0.3 is 10.2 Å². The molecule has 0 aromatic heterocycles. The van der Waals surface area contributed by atoms with Crippen LogP contribution in [-0.2, 0) is 17.8 Å². The van der Waals surface area contributed by atoms with Crippen molar-refractivity contribution in [2.24, 2.45) is 5.92 Å². The first kappa shape index (κ1) is 17.8. The monoisotopic (exact) mass is 356 g/mol. The molecule has 1 N–H and O–H groups in total. The van der Waals surface area contributed by atoms with Crippen LogP contribution >= 0.6 is 11.6 Å². The Morgan fingerprint density at radius 2 is 1.96 bits per heavy atom. The molecule has 0 radical (unpaired) electrons. The molecule has 1 saturated heterocycles. The molecule has 0 spiro atoms. The Hall–Kier alpha value is -2.00. The molecule has 0 saturated carbocycles. The summed E-state index contributed by atoms with van der Waals surface area (Å²) in [6, 6.07) is 16.0. The molecule has 25 heavy (non-hydrogen) atoms. The highest BCUT2D eigenvalue weighted by atomic mass is 35.5. The smallest absolute Gasteiger partial charge is 0.224 e. The fourth-order valence-electron chi connectivity index (χ4n) is 3.33. The van der Waals surface area contributed by atoms with Crippen LogP contribution in [0.1, 0.15) is 30.9 Å². The number of hydrogen-bond donors (Lipinski definition) is 1. The Kier molecular flexibility index (Phi) is 5.98. The highest BCUT2D eigenvalue weighted by molar-refractivity contribution is 6.31. The fourth-order valence-corrected chi connectivity index (χ4v) is 3.53. The summed E-state index contributed by atoms with van der Waals surface area (Å²) in [4.78, 5) is 14.6. The zero-order valence-electron chi connectivity index (χ0n) is 14.7. The van der Waals surface area contributed by atoms with Gasteiger partial charge >= 0.3 is 0 Å². The third kappa shape index (κ3) is 4.99. The maximum atomic E-state index is 12.1. The van der Waals surface area contributed by atoms with E-state index in [1.807, 2.05) is 24.3 Å². The maximum absolute atomic E-state index is 12.1. The van der Waals surface area contributed by atoms with E-state index in [1.165, 1.54) is 18.5 Å². The van der Waals surface area contributed by atoms with Gasteiger partial charge in [0.1, 0.15) is 0 Å². The van der Waals surface area contributed by atoms with Gasteiger partial charge in [0.15, 0.2) is 0 Å². The third-order valence-electron chi connectivity index (χ3n) is 4.76. The van der Waals surface area contributed by atoms with E-state index in [4.69, 9.17) is 11.6 Å². The van der Waals surface area contributed by atoms with Gasteiger partial charge in [0.25, 0.3) is 0 Å². The number of piperidine rings is 1. The summed E-state index contributed by atoms with van der Waals surface area (Å²) in [5.41, 5.74) is 3.25. The van der Waals surface area contributed by atoms with Gasteiger partial charge in [-0.1, -0.05) is 48.9 Å². The van der Waals surface area contributed by atoms with Gasteiger partial charge in [-0.2, -0.15) is 0 Å². The van der Waals surface area contributed by atoms with Crippen molar-refractivity contribution in [1.29, 1.82) is 0 Å². The van der Waals surface area contributed by atoms with Gasteiger partial charge in [-0.05, 0) is 48.1 Å². The van der Waals surface area contributed by atoms with E-state index >= 15 is 0 Å². The molecule has 1 aliphatic heterocycles. The van der Waals surface area contributed by atoms with Gasteiger partial charge in [-0.3, -0.25) is 4.79 Å². The molecule has 1 aliphatic rings. The molecule has 1 atom stereocenters. The van der Waals surface area contributed by atoms with Crippen molar-refractivity contribution >= 4 is 23.2 Å². The van der Waals surface area contributed by atoms with Crippen LogP contribution in [-0.4, -0.2) is 19.0 Å². The molecular formula is C21H25ClN2O. The molecule has 0 bridgehead atoms. The number of carbonyl (C=O) groups is 1. The predicted octanol–water partition coefficient (Wildman–Crippen LogP) is 4.44. The summed E-state index contributed by atoms with van der Waals surface area (Å²) in [6.07, 6.45) is 2.90. The lowest BCUT2D eigenvalue weighted by Gasteiger charge is -2.32. The van der Waals surface area contributed by atoms with Crippen molar-refractivity contribution in [3.05, 3.63) is 64.7 Å². The second kappa shape index (κ2) is 8.39. The summed E-state index contributed by atoms with van der Waals surface area (Å²) in [5, 5.41) is 3.61. The van der Waals surface area contributed by atoms with E-state index in [0.717, 1.165) is 30.1 Å². The second-order valence-electron chi connectivity index (χ2n) is 6.90. The van der Waals surface area contributed by atoms with E-state index in [0.29, 0.717) is 18.0 Å². The minimum absolute atomic E-state index is 0.0120. The first-order valence-electron chi connectivity index (χ1n) is 8.96. The molecule has 132 valence electrons. The minimum atomic E-state index is -0.0120. The van der Waals surface area contributed by atoms with Gasteiger partial charge in [-0.25, -0.2) is 0 Å². The average molecular weight is 357 g/mol. The highest BCUT2D eigenvalue weighted by Gasteiger charge is 2.16. The number of nitrogens with zero attached hydrogens (tertiary/aromatic N) is 1. The largest absolute Gasteiger partial charge is 0.371 e. The standard InChI is InChI=1S/C21H25ClN2O/c1-16-5-4-12-24(15-16)19-10-8-17(9-11-19)14-23-21(25)13-18-6-2-3-7-20(18)22/h2-3,6-11,16H,4-5,12-15H2,1H3,(H,23,25)/t16-/m1/s1. The summed E-state index contributed by atoms with van der Waals surface area (Å²) < 4.78 is 0. The highest BCUT2D eigenvalue weighted by Crippen LogP contribution is 2.23. The molecule has 1 heterocycles. The van der Waals surface area contributed by atoms with E-state index in [9.17, 15) is 4.79 Å². The molecule has 2 aromatic rings. The maximum Gasteiger partial charge on any atom is 0.224 e. The van der Waals surface area contributed by atoms with Gasteiger partial charge in [0.05, 0.1) is 6.42 Å². The zero-order valence-corrected chi connectivity index (χ0v) is 15.4. The summed E-state index contributed by atoms with van der Waals surface area (Å²) in [5.74, 6) is 0.750. The van der Waals surface area contributed by atoms with E-state index in [-0.39, 0.29) is 5.91 Å². The van der Waals surface area contributed by atoms with Gasteiger partial charge in [0.2, 0.25) is 5.91 Å². The van der Waals surface area contributed by atoms with E-state index in [1.54, 1.807) is 0 Å². The Bertz CT molecular complexity index is 714. The van der Waals surface area contributed by atoms with Crippen LogP contribution < -0.4 is 10.2 Å². The zero-order chi connectivity index (χ0) is 17.6. The van der Waals surface area contributed by atoms with Crippen molar-refractivity contribution in [3.8, 4) is 0 Å². The molecule has 3 rings (SSSR count). The number of amides is 1. The van der Waals surface area contributed by atoms with Crippen molar-refractivity contribution in [2.75, 3.05) is 18.0 Å². The van der Waals surface area contributed by atoms with Crippen LogP contribution in [0.3, 0.4) is 0 Å². The number of hydrogen-bond acceptors (Lipinski definition) is 2. The minimum Gasteiger partial charge on any atom is -0.371 e. The van der Waals surface area contributed by atoms with Gasteiger partial charge in [-0.15, -0.1) is 0 Å². The van der Waals surface area contributed by atoms with Crippen molar-refractivity contribution in [2.45, 2.75) is 32.7 Å². The average Bonchev–Trinajstić information content (AvgIpc) is 2.62. The SMILES string of the molecule is C[C@@H]1CCCN(c2ccc(CNC(=O)Cc3ccccc3Cl)cc2)C1. The van der Waals surface area contributed by atoms with Crippen molar-refractivity contribution < 1.29 is 4.79 Å². The molecule has 1 fully saturated rings. The number of benzene rings is 2. The number of anilines is 1. The fraction of sp³-hybridized carbons (Fsp3) is 0.381. The summed E-state index contributed by atoms with van der Waals surface area (Å²) in [6.45, 7) is 5.13. The normalized spacial score (nSPS) is 17.4. The van der Waals surface area contributed by atoms with Crippen LogP contribution in [0.4, 0.5) is 5.69 Å². The molecule has 0 unspecified atom stereocenters. The summed E-state index contributed by atoms with van der Waals surface area (Å²) in [7, 11) is 0. The second-order valence-corrected chi connectivity index (χ2v) is 7.31. The Balaban J connectivity index is 1.51. The van der Waals surface area contributed by atoms with E-state index < -0.39 is 0 Å². The first-order valence-corrected chi connectivity index (χ1v) is 9.33. The van der Waals surface area contributed by atoms with Gasteiger partial charge in [0, 0.05) is 30.3 Å². The predicted molar refractivity (Wildman–Crippen MR) is 104 cm³/mol. The lowest BCUT2D eigenvalue weighted by molar-refractivity contribution is -0.120. The molecule has 4 heteroatoms. The molecule has 3 nitrogen and oxygen atoms in total. The van der Waals surface area contributed by atoms with Crippen molar-refractivity contribution in [1.82, 2.24) is 5.32 Å². The van der Waals surface area contributed by atoms with Crippen LogP contribution in [0, 0.1) is 5.92 Å². The van der Waals surface area contributed by atoms with Crippen LogP contribution in [0.5, 0.6) is 0 Å². The number of nitrogens with one attached hydrogen (secondary N) is 1. The summed E-state index contributed by atoms with van der Waals surface area (Å²) >= 11 is 6.10. The van der Waals surface area contributed by atoms with Crippen LogP contribution in [0.25, 0.3) is 0 Å². The van der Waals surface area contributed by atoms with E-state index in [2.05, 4.69) is 41.4 Å². The first-order chi connectivity index (χ1) is 12.1. The third-order valence-corrected chi connectivity index (χ3v) is 5.13. The number of halogens is 1. The molecular weight excluding hydrogens is 332 g/mol. The topological polar surface area (TPSA) is 32.3 Å². The lowest BCUT2D eigenvalue weighted by atomic mass is 9.99. The Morgan fingerprint density at radius 3 is 2.68 bits per heavy atom. The van der Waals surface area contributed by atoms with Crippen molar-refractivity contribution in [3.63, 3.8) is 0 Å². The molecule has 2 aromatic carbocycles.